The molecule has 1 fully saturated rings. The van der Waals surface area contributed by atoms with Gasteiger partial charge in [0.25, 0.3) is 0 Å². The van der Waals surface area contributed by atoms with Gasteiger partial charge < -0.3 is 4.74 Å². The van der Waals surface area contributed by atoms with Crippen molar-refractivity contribution < 1.29 is 4.74 Å². The molecule has 4 aromatic rings. The van der Waals surface area contributed by atoms with E-state index in [1.165, 1.54) is 0 Å². The van der Waals surface area contributed by atoms with Gasteiger partial charge in [0, 0.05) is 50.0 Å². The van der Waals surface area contributed by atoms with Crippen molar-refractivity contribution in [1.29, 1.82) is 0 Å². The highest BCUT2D eigenvalue weighted by atomic mass is 16.5. The first-order valence-corrected chi connectivity index (χ1v) is 9.36. The van der Waals surface area contributed by atoms with E-state index in [1.54, 1.807) is 12.4 Å². The molecule has 0 aliphatic carbocycles. The summed E-state index contributed by atoms with van der Waals surface area (Å²) in [5.41, 5.74) is 5.10. The third-order valence-corrected chi connectivity index (χ3v) is 5.02. The molecule has 7 heteroatoms. The Kier molecular flexibility index (Phi) is 4.52. The van der Waals surface area contributed by atoms with Crippen LogP contribution in [0.3, 0.4) is 0 Å². The molecule has 0 saturated carbocycles. The summed E-state index contributed by atoms with van der Waals surface area (Å²) in [6.07, 6.45) is 7.31. The first-order valence-electron chi connectivity index (χ1n) is 9.36. The molecule has 28 heavy (non-hydrogen) atoms. The maximum Gasteiger partial charge on any atom is 0.121 e. The third-order valence-electron chi connectivity index (χ3n) is 5.02. The average molecular weight is 372 g/mol. The highest BCUT2D eigenvalue weighted by Gasteiger charge is 2.26. The maximum atomic E-state index is 6.03. The fraction of sp³-hybridized carbons (Fsp3) is 0.238. The Morgan fingerprint density at radius 2 is 1.93 bits per heavy atom. The summed E-state index contributed by atoms with van der Waals surface area (Å²) < 4.78 is 7.85. The molecule has 5 heterocycles. The highest BCUT2D eigenvalue weighted by Crippen LogP contribution is 2.27. The van der Waals surface area contributed by atoms with E-state index in [9.17, 15) is 0 Å². The summed E-state index contributed by atoms with van der Waals surface area (Å²) in [6, 6.07) is 14.1. The van der Waals surface area contributed by atoms with Crippen molar-refractivity contribution in [3.05, 3.63) is 78.6 Å². The fourth-order valence-corrected chi connectivity index (χ4v) is 3.59. The number of pyridine rings is 3. The maximum absolute atomic E-state index is 6.03. The molecule has 5 rings (SSSR count). The smallest absolute Gasteiger partial charge is 0.121 e. The number of aromatic nitrogens is 5. The number of fused-ring (bicyclic) bond motifs is 1. The van der Waals surface area contributed by atoms with E-state index in [-0.39, 0.29) is 6.10 Å². The second-order valence-corrected chi connectivity index (χ2v) is 6.87. The van der Waals surface area contributed by atoms with Crippen molar-refractivity contribution in [2.75, 3.05) is 19.7 Å². The molecule has 0 radical (unpaired) electrons. The summed E-state index contributed by atoms with van der Waals surface area (Å²) in [7, 11) is 0. The number of nitrogens with zero attached hydrogens (tertiary/aromatic N) is 6. The summed E-state index contributed by atoms with van der Waals surface area (Å²) in [5.74, 6) is 0. The molecule has 1 saturated heterocycles. The largest absolute Gasteiger partial charge is 0.369 e. The molecular weight excluding hydrogens is 352 g/mol. The first kappa shape index (κ1) is 17.0. The monoisotopic (exact) mass is 372 g/mol. The van der Waals surface area contributed by atoms with Crippen LogP contribution in [0.25, 0.3) is 16.6 Å². The summed E-state index contributed by atoms with van der Waals surface area (Å²) in [6.45, 7) is 3.15. The second-order valence-electron chi connectivity index (χ2n) is 6.87. The Bertz CT molecular complexity index is 1070. The Morgan fingerprint density at radius 1 is 1.00 bits per heavy atom. The molecule has 0 unspecified atom stereocenters. The Morgan fingerprint density at radius 3 is 2.79 bits per heavy atom. The van der Waals surface area contributed by atoms with E-state index in [2.05, 4.69) is 43.4 Å². The molecule has 140 valence electrons. The van der Waals surface area contributed by atoms with Crippen LogP contribution in [-0.4, -0.2) is 49.4 Å². The standard InChI is InChI=1S/C21H20N6O/c1-2-8-23-18(3-1)14-26-11-12-28-20(15-26)21-19-5-4-17(13-27(19)25-24-21)16-6-9-22-10-7-16/h1-10,13,20H,11-12,14-15H2/t20-/m1/s1. The van der Waals surface area contributed by atoms with Gasteiger partial charge in [0.2, 0.25) is 0 Å². The van der Waals surface area contributed by atoms with Crippen LogP contribution in [0, 0.1) is 0 Å². The van der Waals surface area contributed by atoms with Crippen LogP contribution < -0.4 is 0 Å². The van der Waals surface area contributed by atoms with Crippen LogP contribution >= 0.6 is 0 Å². The molecule has 1 atom stereocenters. The van der Waals surface area contributed by atoms with Gasteiger partial charge in [0.15, 0.2) is 0 Å². The minimum absolute atomic E-state index is 0.0956. The molecule has 0 bridgehead atoms. The molecular formula is C21H20N6O. The quantitative estimate of drug-likeness (QED) is 0.549. The van der Waals surface area contributed by atoms with Gasteiger partial charge >= 0.3 is 0 Å². The van der Waals surface area contributed by atoms with Crippen molar-refractivity contribution in [1.82, 2.24) is 29.7 Å². The van der Waals surface area contributed by atoms with Crippen molar-refractivity contribution in [2.24, 2.45) is 0 Å². The minimum atomic E-state index is -0.0956. The molecule has 0 spiro atoms. The zero-order valence-corrected chi connectivity index (χ0v) is 15.3. The van der Waals surface area contributed by atoms with Gasteiger partial charge in [-0.2, -0.15) is 0 Å². The van der Waals surface area contributed by atoms with Crippen LogP contribution in [0.1, 0.15) is 17.5 Å². The minimum Gasteiger partial charge on any atom is -0.369 e. The topological polar surface area (TPSA) is 68.4 Å². The average Bonchev–Trinajstić information content (AvgIpc) is 3.19. The van der Waals surface area contributed by atoms with Crippen molar-refractivity contribution in [3.8, 4) is 11.1 Å². The van der Waals surface area contributed by atoms with Crippen LogP contribution in [0.2, 0.25) is 0 Å². The van der Waals surface area contributed by atoms with Crippen molar-refractivity contribution >= 4 is 5.52 Å². The van der Waals surface area contributed by atoms with E-state index in [1.807, 2.05) is 41.2 Å². The van der Waals surface area contributed by atoms with E-state index < -0.39 is 0 Å². The van der Waals surface area contributed by atoms with E-state index in [4.69, 9.17) is 4.74 Å². The fourth-order valence-electron chi connectivity index (χ4n) is 3.59. The summed E-state index contributed by atoms with van der Waals surface area (Å²) in [4.78, 5) is 10.9. The lowest BCUT2D eigenvalue weighted by atomic mass is 10.1. The van der Waals surface area contributed by atoms with Crippen molar-refractivity contribution in [3.63, 3.8) is 0 Å². The first-order chi connectivity index (χ1) is 13.9. The van der Waals surface area contributed by atoms with Gasteiger partial charge in [0.1, 0.15) is 11.8 Å². The van der Waals surface area contributed by atoms with Gasteiger partial charge in [-0.3, -0.25) is 14.9 Å². The molecule has 1 aliphatic rings. The zero-order valence-electron chi connectivity index (χ0n) is 15.3. The van der Waals surface area contributed by atoms with E-state index in [0.29, 0.717) is 6.61 Å². The van der Waals surface area contributed by atoms with Crippen LogP contribution in [0.5, 0.6) is 0 Å². The van der Waals surface area contributed by atoms with Crippen LogP contribution in [0.4, 0.5) is 0 Å². The predicted octanol–water partition coefficient (Wildman–Crippen LogP) is 2.76. The lowest BCUT2D eigenvalue weighted by Crippen LogP contribution is -2.38. The second kappa shape index (κ2) is 7.46. The van der Waals surface area contributed by atoms with Gasteiger partial charge in [-0.25, -0.2) is 4.52 Å². The van der Waals surface area contributed by atoms with Crippen LogP contribution in [-0.2, 0) is 11.3 Å². The Hall–Kier alpha value is -3.16. The predicted molar refractivity (Wildman–Crippen MR) is 104 cm³/mol. The lowest BCUT2D eigenvalue weighted by Gasteiger charge is -2.31. The summed E-state index contributed by atoms with van der Waals surface area (Å²) >= 11 is 0. The third kappa shape index (κ3) is 3.37. The van der Waals surface area contributed by atoms with Gasteiger partial charge in [-0.05, 0) is 35.9 Å². The molecule has 0 amide bonds. The van der Waals surface area contributed by atoms with Crippen molar-refractivity contribution in [2.45, 2.75) is 12.6 Å². The van der Waals surface area contributed by atoms with E-state index >= 15 is 0 Å². The number of morpholine rings is 1. The lowest BCUT2D eigenvalue weighted by molar-refractivity contribution is -0.0346. The zero-order chi connectivity index (χ0) is 18.8. The number of ether oxygens (including phenoxy) is 1. The van der Waals surface area contributed by atoms with Gasteiger partial charge in [-0.15, -0.1) is 5.10 Å². The van der Waals surface area contributed by atoms with Gasteiger partial charge in [-0.1, -0.05) is 17.3 Å². The van der Waals surface area contributed by atoms with Crippen LogP contribution in [0.15, 0.2) is 67.3 Å². The highest BCUT2D eigenvalue weighted by molar-refractivity contribution is 5.65. The molecule has 4 aromatic heterocycles. The van der Waals surface area contributed by atoms with Gasteiger partial charge in [0.05, 0.1) is 17.8 Å². The number of hydrogen-bond donors (Lipinski definition) is 0. The normalized spacial score (nSPS) is 17.8. The Labute approximate surface area is 162 Å². The molecule has 0 aromatic carbocycles. The molecule has 7 nitrogen and oxygen atoms in total. The molecule has 1 aliphatic heterocycles. The Balaban J connectivity index is 1.38. The van der Waals surface area contributed by atoms with E-state index in [0.717, 1.165) is 47.7 Å². The SMILES string of the molecule is c1ccc(CN2CCO[C@@H](c3nnn4cc(-c5ccncc5)ccc34)C2)nc1. The summed E-state index contributed by atoms with van der Waals surface area (Å²) in [5, 5.41) is 8.76. The molecule has 0 N–H and O–H groups in total. The number of hydrogen-bond acceptors (Lipinski definition) is 6. The number of rotatable bonds is 4.